The summed E-state index contributed by atoms with van der Waals surface area (Å²) in [6, 6.07) is 1.74. The maximum Gasteiger partial charge on any atom is 0.184 e. The van der Waals surface area contributed by atoms with Crippen LogP contribution >= 0.6 is 0 Å². The molecule has 0 spiro atoms. The molecule has 0 radical (unpaired) electrons. The lowest BCUT2D eigenvalue weighted by atomic mass is 9.38. The van der Waals surface area contributed by atoms with Gasteiger partial charge in [-0.25, -0.2) is 0 Å². The Morgan fingerprint density at radius 2 is 1.27 bits per heavy atom. The molecule has 4 aliphatic carbocycles. The monoisotopic (exact) mass is 718 g/mol. The second-order valence-corrected chi connectivity index (χ2v) is 18.3. The Morgan fingerprint density at radius 1 is 0.769 bits per heavy atom. The van der Waals surface area contributed by atoms with Gasteiger partial charge in [-0.1, -0.05) is 106 Å². The van der Waals surface area contributed by atoms with Gasteiger partial charge in [0.15, 0.2) is 22.8 Å². The van der Waals surface area contributed by atoms with Gasteiger partial charge in [-0.2, -0.15) is 0 Å². The molecule has 3 saturated carbocycles. The maximum absolute atomic E-state index is 15.0. The highest BCUT2D eigenvalue weighted by Gasteiger charge is 2.75. The lowest BCUT2D eigenvalue weighted by Gasteiger charge is -2.61. The van der Waals surface area contributed by atoms with Crippen LogP contribution in [0.3, 0.4) is 0 Å². The molecule has 2 bridgehead atoms. The number of rotatable bonds is 13. The van der Waals surface area contributed by atoms with Crippen molar-refractivity contribution < 1.29 is 19.5 Å². The minimum atomic E-state index is -1.83. The Morgan fingerprint density at radius 3 is 1.73 bits per heavy atom. The summed E-state index contributed by atoms with van der Waals surface area (Å²) in [6.45, 7) is 21.6. The molecule has 292 valence electrons. The number of aliphatic hydroxyl groups is 1. The first-order valence-electron chi connectivity index (χ1n) is 20.8. The van der Waals surface area contributed by atoms with E-state index < -0.39 is 27.9 Å². The Labute approximate surface area is 318 Å². The first-order chi connectivity index (χ1) is 24.4. The summed E-state index contributed by atoms with van der Waals surface area (Å²) >= 11 is 0. The van der Waals surface area contributed by atoms with Gasteiger partial charge in [-0.05, 0) is 131 Å². The zero-order valence-corrected chi connectivity index (χ0v) is 35.1. The van der Waals surface area contributed by atoms with Crippen LogP contribution in [0.15, 0.2) is 57.9 Å². The fourth-order valence-corrected chi connectivity index (χ4v) is 9.58. The smallest absolute Gasteiger partial charge is 0.184 e. The third kappa shape index (κ3) is 9.76. The van der Waals surface area contributed by atoms with E-state index in [0.717, 1.165) is 28.8 Å². The molecule has 2 N–H and O–H groups in total. The molecule has 4 atom stereocenters. The molecule has 0 saturated heterocycles. The molecule has 4 rings (SSSR count). The van der Waals surface area contributed by atoms with Crippen molar-refractivity contribution in [2.45, 2.75) is 191 Å². The van der Waals surface area contributed by atoms with Gasteiger partial charge < -0.3 is 10.4 Å². The summed E-state index contributed by atoms with van der Waals surface area (Å²) in [5.74, 6) is -1.93. The largest absolute Gasteiger partial charge is 0.511 e. The molecule has 0 aromatic rings. The highest BCUT2D eigenvalue weighted by atomic mass is 16.3. The molecule has 4 unspecified atom stereocenters. The number of aliphatic hydroxyl groups excluding tert-OH is 1. The number of hydrogen-bond donors (Lipinski definition) is 2. The van der Waals surface area contributed by atoms with Crippen LogP contribution in [0.5, 0.6) is 0 Å². The maximum atomic E-state index is 15.0. The predicted octanol–water partition coefficient (Wildman–Crippen LogP) is 12.2. The molecule has 0 aromatic heterocycles. The molecule has 0 heterocycles. The third-order valence-electron chi connectivity index (χ3n) is 12.7. The van der Waals surface area contributed by atoms with E-state index in [2.05, 4.69) is 17.5 Å². The summed E-state index contributed by atoms with van der Waals surface area (Å²) in [5, 5.41) is 15.7. The van der Waals surface area contributed by atoms with Crippen molar-refractivity contribution in [3.05, 3.63) is 57.9 Å². The first kappa shape index (κ1) is 43.9. The molecule has 5 nitrogen and oxygen atoms in total. The molecule has 0 aliphatic heterocycles. The average molecular weight is 718 g/mol. The van der Waals surface area contributed by atoms with Crippen LogP contribution in [0, 0.1) is 28.1 Å². The van der Waals surface area contributed by atoms with Crippen LogP contribution in [0.25, 0.3) is 0 Å². The first-order valence-corrected chi connectivity index (χ1v) is 20.8. The number of hydrogen-bond acceptors (Lipinski definition) is 5. The highest BCUT2D eigenvalue weighted by molar-refractivity contribution is 6.33. The zero-order valence-electron chi connectivity index (χ0n) is 35.1. The summed E-state index contributed by atoms with van der Waals surface area (Å²) < 4.78 is 0. The van der Waals surface area contributed by atoms with Gasteiger partial charge in [0.25, 0.3) is 0 Å². The van der Waals surface area contributed by atoms with Crippen LogP contribution in [0.4, 0.5) is 0 Å². The lowest BCUT2D eigenvalue weighted by molar-refractivity contribution is -0.180. The third-order valence-corrected chi connectivity index (χ3v) is 12.7. The van der Waals surface area contributed by atoms with Crippen LogP contribution in [0.1, 0.15) is 179 Å². The van der Waals surface area contributed by atoms with E-state index in [9.17, 15) is 19.5 Å². The van der Waals surface area contributed by atoms with Gasteiger partial charge in [-0.15, -0.1) is 0 Å². The number of ketones is 3. The average Bonchev–Trinajstić information content (AvgIpc) is 3.08. The van der Waals surface area contributed by atoms with Crippen molar-refractivity contribution >= 4 is 17.3 Å². The fourth-order valence-electron chi connectivity index (χ4n) is 9.58. The summed E-state index contributed by atoms with van der Waals surface area (Å²) in [5.41, 5.74) is 0.583. The van der Waals surface area contributed by atoms with Crippen molar-refractivity contribution in [3.63, 3.8) is 0 Å². The van der Waals surface area contributed by atoms with Crippen LogP contribution in [0.2, 0.25) is 0 Å². The van der Waals surface area contributed by atoms with Gasteiger partial charge in [0.1, 0.15) is 5.76 Å². The molecule has 0 aromatic carbocycles. The van der Waals surface area contributed by atoms with E-state index in [1.54, 1.807) is 13.8 Å². The Kier molecular flexibility index (Phi) is 16.2. The second-order valence-electron chi connectivity index (χ2n) is 18.3. The molecular formula is C47H75NO4. The van der Waals surface area contributed by atoms with Crippen LogP contribution in [-0.2, 0) is 14.4 Å². The van der Waals surface area contributed by atoms with E-state index in [-0.39, 0.29) is 41.7 Å². The van der Waals surface area contributed by atoms with Gasteiger partial charge in [0.05, 0.1) is 5.41 Å². The highest BCUT2D eigenvalue weighted by Crippen LogP contribution is 2.67. The summed E-state index contributed by atoms with van der Waals surface area (Å²) in [6.07, 6.45) is 25.5. The van der Waals surface area contributed by atoms with Crippen molar-refractivity contribution in [2.24, 2.45) is 28.1 Å². The van der Waals surface area contributed by atoms with Gasteiger partial charge >= 0.3 is 0 Å². The molecule has 0 amide bonds. The molecule has 4 aliphatic rings. The minimum absolute atomic E-state index is 0.117. The van der Waals surface area contributed by atoms with Crippen LogP contribution in [-0.4, -0.2) is 34.5 Å². The van der Waals surface area contributed by atoms with E-state index in [1.165, 1.54) is 69.8 Å². The van der Waals surface area contributed by atoms with Crippen molar-refractivity contribution in [2.75, 3.05) is 0 Å². The summed E-state index contributed by atoms with van der Waals surface area (Å²) in [7, 11) is 0. The van der Waals surface area contributed by atoms with Crippen molar-refractivity contribution in [1.82, 2.24) is 5.32 Å². The minimum Gasteiger partial charge on any atom is -0.511 e. The number of nitrogens with one attached hydrogen (secondary N) is 1. The zero-order chi connectivity index (χ0) is 38.9. The lowest BCUT2D eigenvalue weighted by Crippen LogP contribution is -2.71. The van der Waals surface area contributed by atoms with E-state index >= 15 is 0 Å². The fraction of sp³-hybridized carbons (Fsp3) is 0.723. The Hall–Kier alpha value is -2.53. The van der Waals surface area contributed by atoms with Crippen LogP contribution < -0.4 is 5.32 Å². The normalized spacial score (nSPS) is 28.1. The molecule has 3 fully saturated rings. The van der Waals surface area contributed by atoms with Gasteiger partial charge in [-0.3, -0.25) is 14.4 Å². The molecule has 52 heavy (non-hydrogen) atoms. The SMILES string of the molecule is C1CCC(NC2CCCCC2)CC1.CC(C)=CCCC1(C)C(CC=C(C)C)CC2(CC=C(C)C)C(=O)C1(C(=O)C(C)C)C(=O)C(CC=C(C)C)=C2O. The molecule has 5 heteroatoms. The van der Waals surface area contributed by atoms with Crippen molar-refractivity contribution in [1.29, 1.82) is 0 Å². The van der Waals surface area contributed by atoms with E-state index in [4.69, 9.17) is 0 Å². The number of allylic oxidation sites excluding steroid dienone is 10. The summed E-state index contributed by atoms with van der Waals surface area (Å²) in [4.78, 5) is 44.3. The topological polar surface area (TPSA) is 83.5 Å². The molecular weight excluding hydrogens is 643 g/mol. The predicted molar refractivity (Wildman–Crippen MR) is 218 cm³/mol. The standard InChI is InChI=1S/C35H52O4.C12H23N/c1-22(2)13-12-19-33(11)27(16-14-23(3)4)21-34(20-18-25(7)8)30(37)28(17-15-24(5)6)31(38)35(33,32(34)39)29(36)26(9)10;1-3-7-11(8-4-1)13-12-9-5-2-6-10-12/h13-15,18,26-27,37H,12,16-17,19-21H2,1-11H3;11-13H,1-10H2. The number of fused-ring (bicyclic) bond motifs is 2. The van der Waals surface area contributed by atoms with Crippen molar-refractivity contribution in [3.8, 4) is 0 Å². The van der Waals surface area contributed by atoms with E-state index in [0.29, 0.717) is 25.7 Å². The number of carbonyl (C=O) groups is 3. The number of Topliss-reactive ketones (excluding diaryl/α,β-unsaturated/α-hetero) is 3. The Bertz CT molecular complexity index is 1400. The number of carbonyl (C=O) groups excluding carboxylic acids is 3. The van der Waals surface area contributed by atoms with Gasteiger partial charge in [0, 0.05) is 23.6 Å². The quantitative estimate of drug-likeness (QED) is 0.146. The van der Waals surface area contributed by atoms with Gasteiger partial charge in [0.2, 0.25) is 0 Å². The second kappa shape index (κ2) is 19.2. The van der Waals surface area contributed by atoms with E-state index in [1.807, 2.05) is 74.5 Å². The Balaban J connectivity index is 0.000000464.